The summed E-state index contributed by atoms with van der Waals surface area (Å²) in [5, 5.41) is 14.5. The van der Waals surface area contributed by atoms with Crippen molar-refractivity contribution in [2.24, 2.45) is 0 Å². The molecule has 6 rings (SSSR count). The number of hydrogen-bond acceptors (Lipinski definition) is 11. The number of epoxide rings is 1. The highest BCUT2D eigenvalue weighted by Crippen LogP contribution is 2.45. The lowest BCUT2D eigenvalue weighted by molar-refractivity contribution is -0.167. The van der Waals surface area contributed by atoms with Crippen molar-refractivity contribution < 1.29 is 28.5 Å². The number of benzene rings is 1. The maximum atomic E-state index is 13.5. The monoisotopic (exact) mass is 642 g/mol. The van der Waals surface area contributed by atoms with Gasteiger partial charge in [0, 0.05) is 42.4 Å². The number of fused-ring (bicyclic) bond motifs is 2. The highest BCUT2D eigenvalue weighted by atomic mass is 16.7. The largest absolute Gasteiger partial charge is 0.507 e. The number of aromatic hydroxyl groups is 1. The first-order valence-corrected chi connectivity index (χ1v) is 16.2. The summed E-state index contributed by atoms with van der Waals surface area (Å²) in [4.78, 5) is 35.1. The fourth-order valence-electron chi connectivity index (χ4n) is 6.19. The number of nitrogen functional groups attached to an aromatic ring is 1. The molecule has 1 fully saturated rings. The molecule has 5 heterocycles. The molecule has 0 unspecified atom stereocenters. The van der Waals surface area contributed by atoms with Crippen LogP contribution in [0, 0.1) is 6.92 Å². The number of nitrogens with one attached hydrogen (secondary N) is 1. The Morgan fingerprint density at radius 2 is 1.98 bits per heavy atom. The minimum Gasteiger partial charge on any atom is -0.507 e. The SMILES string of the molecule is CCCCCNc1cc(-c2cc(CC[C@H]3O[C@]3(C)C(=O)O[C@@H]3Cc4c(cc5oc(C)cc(=O)c5c4O)OC3(C)C)cc(N)n2)ccn1. The van der Waals surface area contributed by atoms with Gasteiger partial charge in [-0.15, -0.1) is 0 Å². The zero-order valence-electron chi connectivity index (χ0n) is 27.5. The third-order valence-corrected chi connectivity index (χ3v) is 9.06. The minimum absolute atomic E-state index is 0.0728. The van der Waals surface area contributed by atoms with Crippen molar-refractivity contribution in [1.82, 2.24) is 9.97 Å². The summed E-state index contributed by atoms with van der Waals surface area (Å²) in [7, 11) is 0. The van der Waals surface area contributed by atoms with Gasteiger partial charge in [-0.25, -0.2) is 14.8 Å². The molecule has 0 spiro atoms. The van der Waals surface area contributed by atoms with Crippen LogP contribution < -0.4 is 21.2 Å². The molecule has 0 bridgehead atoms. The van der Waals surface area contributed by atoms with Crippen molar-refractivity contribution in [3.63, 3.8) is 0 Å². The quantitative estimate of drug-likeness (QED) is 0.102. The van der Waals surface area contributed by atoms with Crippen LogP contribution in [0.5, 0.6) is 11.5 Å². The van der Waals surface area contributed by atoms with Crippen LogP contribution in [0.25, 0.3) is 22.2 Å². The van der Waals surface area contributed by atoms with Crippen molar-refractivity contribution in [1.29, 1.82) is 0 Å². The zero-order chi connectivity index (χ0) is 33.5. The molecule has 3 aromatic heterocycles. The number of esters is 1. The smallest absolute Gasteiger partial charge is 0.341 e. The van der Waals surface area contributed by atoms with E-state index in [1.54, 1.807) is 26.1 Å². The van der Waals surface area contributed by atoms with Gasteiger partial charge in [0.25, 0.3) is 0 Å². The molecule has 11 nitrogen and oxygen atoms in total. The van der Waals surface area contributed by atoms with E-state index in [0.29, 0.717) is 35.7 Å². The molecule has 4 aromatic rings. The van der Waals surface area contributed by atoms with E-state index in [9.17, 15) is 14.7 Å². The van der Waals surface area contributed by atoms with Gasteiger partial charge in [0.1, 0.15) is 51.6 Å². The first-order chi connectivity index (χ1) is 22.4. The number of carbonyl (C=O) groups is 1. The van der Waals surface area contributed by atoms with E-state index < -0.39 is 23.3 Å². The van der Waals surface area contributed by atoms with Gasteiger partial charge in [0.05, 0.1) is 11.8 Å². The van der Waals surface area contributed by atoms with E-state index in [2.05, 4.69) is 22.2 Å². The summed E-state index contributed by atoms with van der Waals surface area (Å²) in [5.41, 5.74) is 7.07. The number of hydrogen-bond donors (Lipinski definition) is 3. The number of anilines is 2. The van der Waals surface area contributed by atoms with E-state index >= 15 is 0 Å². The second-order valence-electron chi connectivity index (χ2n) is 13.2. The Balaban J connectivity index is 1.11. The summed E-state index contributed by atoms with van der Waals surface area (Å²) in [5.74, 6) is 1.29. The second-order valence-corrected chi connectivity index (χ2v) is 13.2. The number of unbranched alkanes of at least 4 members (excludes halogenated alkanes) is 2. The van der Waals surface area contributed by atoms with Crippen molar-refractivity contribution in [2.75, 3.05) is 17.6 Å². The normalized spacial score (nSPS) is 21.1. The molecule has 4 N–H and O–H groups in total. The van der Waals surface area contributed by atoms with Crippen LogP contribution in [0.1, 0.15) is 70.3 Å². The van der Waals surface area contributed by atoms with Gasteiger partial charge < -0.3 is 34.8 Å². The van der Waals surface area contributed by atoms with Crippen LogP contribution in [-0.4, -0.2) is 51.0 Å². The standard InChI is InChI=1S/C36H42N4O7/c1-6-7-8-12-38-31-17-22(11-13-39-31)24-15-21(16-30(37)40-24)9-10-28-36(5,47-28)34(43)45-29-18-23-26(46-35(29,3)4)19-27-32(33(23)42)25(41)14-20(2)44-27/h11,13-17,19,28-29,42H,6-10,12,18H2,1-5H3,(H2,37,40)(H,38,39)/t28-,29-,36+/m1/s1. The summed E-state index contributed by atoms with van der Waals surface area (Å²) in [6.07, 6.45) is 5.43. The molecule has 0 aliphatic carbocycles. The molecule has 1 saturated heterocycles. The fourth-order valence-corrected chi connectivity index (χ4v) is 6.19. The summed E-state index contributed by atoms with van der Waals surface area (Å²) in [6, 6.07) is 10.7. The van der Waals surface area contributed by atoms with Crippen molar-refractivity contribution in [2.45, 2.75) is 96.6 Å². The Morgan fingerprint density at radius 1 is 1.17 bits per heavy atom. The molecule has 2 aliphatic rings. The Bertz CT molecular complexity index is 1890. The Morgan fingerprint density at radius 3 is 2.77 bits per heavy atom. The van der Waals surface area contributed by atoms with Crippen LogP contribution in [0.15, 0.2) is 51.8 Å². The van der Waals surface area contributed by atoms with Crippen molar-refractivity contribution in [3.05, 3.63) is 69.7 Å². The molecular weight excluding hydrogens is 600 g/mol. The van der Waals surface area contributed by atoms with Gasteiger partial charge in [0.2, 0.25) is 0 Å². The highest BCUT2D eigenvalue weighted by molar-refractivity contribution is 5.87. The van der Waals surface area contributed by atoms with Crippen molar-refractivity contribution in [3.8, 4) is 22.8 Å². The number of phenols is 1. The number of aromatic nitrogens is 2. The third kappa shape index (κ3) is 6.62. The lowest BCUT2D eigenvalue weighted by Gasteiger charge is -2.39. The van der Waals surface area contributed by atoms with Crippen molar-refractivity contribution >= 4 is 28.6 Å². The number of rotatable bonds is 11. The lowest BCUT2D eigenvalue weighted by Crippen LogP contribution is -2.50. The molecule has 2 aliphatic heterocycles. The fraction of sp³-hybridized carbons (Fsp3) is 0.444. The second kappa shape index (κ2) is 12.5. The average Bonchev–Trinajstić information content (AvgIpc) is 3.69. The van der Waals surface area contributed by atoms with E-state index in [4.69, 9.17) is 24.4 Å². The molecule has 248 valence electrons. The zero-order valence-corrected chi connectivity index (χ0v) is 27.5. The molecule has 0 amide bonds. The van der Waals surface area contributed by atoms with E-state index in [0.717, 1.165) is 42.0 Å². The van der Waals surface area contributed by atoms with Crippen LogP contribution in [-0.2, 0) is 27.1 Å². The predicted octanol–water partition coefficient (Wildman–Crippen LogP) is 5.86. The van der Waals surface area contributed by atoms with Gasteiger partial charge in [-0.3, -0.25) is 4.79 Å². The maximum Gasteiger partial charge on any atom is 0.341 e. The number of nitrogens with zero attached hydrogens (tertiary/aromatic N) is 2. The molecule has 0 saturated carbocycles. The Kier molecular flexibility index (Phi) is 8.61. The van der Waals surface area contributed by atoms with Gasteiger partial charge >= 0.3 is 5.97 Å². The van der Waals surface area contributed by atoms with E-state index in [1.807, 2.05) is 38.1 Å². The number of carbonyl (C=O) groups excluding carboxylic acids is 1. The van der Waals surface area contributed by atoms with Crippen LogP contribution in [0.3, 0.4) is 0 Å². The Labute approximate surface area is 273 Å². The highest BCUT2D eigenvalue weighted by Gasteiger charge is 2.60. The predicted molar refractivity (Wildman–Crippen MR) is 179 cm³/mol. The average molecular weight is 643 g/mol. The topological polar surface area (TPSA) is 162 Å². The van der Waals surface area contributed by atoms with Gasteiger partial charge in [-0.2, -0.15) is 0 Å². The molecule has 0 radical (unpaired) electrons. The van der Waals surface area contributed by atoms with E-state index in [1.165, 1.54) is 12.5 Å². The number of phenolic OH excluding ortho intramolecular Hbond substituents is 1. The first kappa shape index (κ1) is 32.3. The minimum atomic E-state index is -1.12. The van der Waals surface area contributed by atoms with Crippen LogP contribution in [0.2, 0.25) is 0 Å². The lowest BCUT2D eigenvalue weighted by atomic mass is 9.89. The number of aryl methyl sites for hydroxylation is 2. The van der Waals surface area contributed by atoms with Gasteiger partial charge in [-0.05, 0) is 76.8 Å². The first-order valence-electron chi connectivity index (χ1n) is 16.2. The molecule has 47 heavy (non-hydrogen) atoms. The van der Waals surface area contributed by atoms with Gasteiger partial charge in [-0.1, -0.05) is 19.8 Å². The van der Waals surface area contributed by atoms with Crippen LogP contribution in [0.4, 0.5) is 11.6 Å². The number of pyridine rings is 2. The molecule has 11 heteroatoms. The maximum absolute atomic E-state index is 13.5. The number of nitrogens with two attached hydrogens (primary N) is 1. The molecular formula is C36H42N4O7. The Hall–Kier alpha value is -4.64. The van der Waals surface area contributed by atoms with Crippen LogP contribution >= 0.6 is 0 Å². The third-order valence-electron chi connectivity index (χ3n) is 9.06. The summed E-state index contributed by atoms with van der Waals surface area (Å²) < 4.78 is 23.8. The molecule has 1 aromatic carbocycles. The number of ether oxygens (including phenoxy) is 3. The molecule has 3 atom stereocenters. The summed E-state index contributed by atoms with van der Waals surface area (Å²) in [6.45, 7) is 10.1. The van der Waals surface area contributed by atoms with Gasteiger partial charge in [0.15, 0.2) is 11.0 Å². The summed E-state index contributed by atoms with van der Waals surface area (Å²) >= 11 is 0. The van der Waals surface area contributed by atoms with E-state index in [-0.39, 0.29) is 34.7 Å².